The second kappa shape index (κ2) is 9.40. The number of rotatable bonds is 9. The van der Waals surface area contributed by atoms with Crippen LogP contribution < -0.4 is 9.62 Å². The molecule has 1 rings (SSSR count). The molecule has 0 atom stereocenters. The van der Waals surface area contributed by atoms with Gasteiger partial charge in [-0.25, -0.2) is 8.42 Å². The summed E-state index contributed by atoms with van der Waals surface area (Å²) in [7, 11) is -3.39. The van der Waals surface area contributed by atoms with Gasteiger partial charge in [0.25, 0.3) is 0 Å². The SMILES string of the molecule is Cc1ccc(N(CCCC(=O)NC(C(C)C)C(C)C)S(C)(=O)=O)cc1C. The minimum absolute atomic E-state index is 0.0223. The first-order valence-electron chi connectivity index (χ1n) is 9.27. The molecule has 1 N–H and O–H groups in total. The summed E-state index contributed by atoms with van der Waals surface area (Å²) in [6, 6.07) is 5.75. The summed E-state index contributed by atoms with van der Waals surface area (Å²) in [5, 5.41) is 3.08. The van der Waals surface area contributed by atoms with Gasteiger partial charge < -0.3 is 5.32 Å². The number of hydrogen-bond acceptors (Lipinski definition) is 3. The Morgan fingerprint density at radius 1 is 1.08 bits per heavy atom. The highest BCUT2D eigenvalue weighted by molar-refractivity contribution is 7.92. The molecule has 1 aromatic carbocycles. The Kier molecular flexibility index (Phi) is 8.13. The van der Waals surface area contributed by atoms with E-state index in [1.807, 2.05) is 32.0 Å². The van der Waals surface area contributed by atoms with Gasteiger partial charge in [0.05, 0.1) is 11.9 Å². The maximum absolute atomic E-state index is 12.2. The van der Waals surface area contributed by atoms with Crippen molar-refractivity contribution in [2.45, 2.75) is 60.4 Å². The summed E-state index contributed by atoms with van der Waals surface area (Å²) in [5.74, 6) is 0.704. The van der Waals surface area contributed by atoms with Crippen molar-refractivity contribution < 1.29 is 13.2 Å². The van der Waals surface area contributed by atoms with Crippen molar-refractivity contribution in [1.29, 1.82) is 0 Å². The molecule has 1 amide bonds. The molecule has 0 fully saturated rings. The molecular formula is C20H34N2O3S. The van der Waals surface area contributed by atoms with Crippen molar-refractivity contribution in [2.24, 2.45) is 11.8 Å². The van der Waals surface area contributed by atoms with Gasteiger partial charge in [0.1, 0.15) is 0 Å². The molecule has 0 spiro atoms. The highest BCUT2D eigenvalue weighted by Crippen LogP contribution is 2.22. The van der Waals surface area contributed by atoms with Gasteiger partial charge in [0.2, 0.25) is 15.9 Å². The molecule has 26 heavy (non-hydrogen) atoms. The van der Waals surface area contributed by atoms with Crippen molar-refractivity contribution in [3.05, 3.63) is 29.3 Å². The van der Waals surface area contributed by atoms with Crippen molar-refractivity contribution in [1.82, 2.24) is 5.32 Å². The molecule has 0 radical (unpaired) electrons. The van der Waals surface area contributed by atoms with Crippen molar-refractivity contribution >= 4 is 21.6 Å². The molecule has 0 heterocycles. The number of anilines is 1. The average molecular weight is 383 g/mol. The van der Waals surface area contributed by atoms with E-state index in [9.17, 15) is 13.2 Å². The first kappa shape index (κ1) is 22.5. The van der Waals surface area contributed by atoms with Gasteiger partial charge >= 0.3 is 0 Å². The quantitative estimate of drug-likeness (QED) is 0.709. The summed E-state index contributed by atoms with van der Waals surface area (Å²) in [6.45, 7) is 12.6. The Morgan fingerprint density at radius 3 is 2.12 bits per heavy atom. The van der Waals surface area contributed by atoms with E-state index in [4.69, 9.17) is 0 Å². The molecule has 0 aromatic heterocycles. The second-order valence-corrected chi connectivity index (χ2v) is 9.70. The zero-order valence-corrected chi connectivity index (χ0v) is 18.0. The van der Waals surface area contributed by atoms with Gasteiger partial charge in [-0.15, -0.1) is 0 Å². The zero-order valence-electron chi connectivity index (χ0n) is 17.2. The number of carbonyl (C=O) groups is 1. The van der Waals surface area contributed by atoms with Gasteiger partial charge in [0.15, 0.2) is 0 Å². The molecule has 6 heteroatoms. The lowest BCUT2D eigenvalue weighted by molar-refractivity contribution is -0.122. The smallest absolute Gasteiger partial charge is 0.232 e. The third kappa shape index (κ3) is 6.63. The Labute approximate surface area is 159 Å². The van der Waals surface area contributed by atoms with Gasteiger partial charge in [-0.05, 0) is 55.4 Å². The highest BCUT2D eigenvalue weighted by atomic mass is 32.2. The fourth-order valence-electron chi connectivity index (χ4n) is 3.11. The minimum atomic E-state index is -3.39. The lowest BCUT2D eigenvalue weighted by atomic mass is 9.93. The molecular weight excluding hydrogens is 348 g/mol. The summed E-state index contributed by atoms with van der Waals surface area (Å²) in [6.07, 6.45) is 2.00. The molecule has 0 aliphatic carbocycles. The van der Waals surface area contributed by atoms with Crippen LogP contribution in [0.25, 0.3) is 0 Å². The predicted octanol–water partition coefficient (Wildman–Crippen LogP) is 3.65. The van der Waals surface area contributed by atoms with E-state index in [1.54, 1.807) is 0 Å². The lowest BCUT2D eigenvalue weighted by Gasteiger charge is -2.26. The molecule has 0 unspecified atom stereocenters. The van der Waals surface area contributed by atoms with E-state index in [0.29, 0.717) is 36.9 Å². The van der Waals surface area contributed by atoms with Crippen LogP contribution in [0.3, 0.4) is 0 Å². The summed E-state index contributed by atoms with van der Waals surface area (Å²) < 4.78 is 25.8. The third-order valence-corrected chi connectivity index (χ3v) is 5.90. The molecule has 148 valence electrons. The van der Waals surface area contributed by atoms with E-state index in [1.165, 1.54) is 10.6 Å². The van der Waals surface area contributed by atoms with Crippen LogP contribution >= 0.6 is 0 Å². The summed E-state index contributed by atoms with van der Waals surface area (Å²) >= 11 is 0. The topological polar surface area (TPSA) is 66.5 Å². The minimum Gasteiger partial charge on any atom is -0.353 e. The van der Waals surface area contributed by atoms with Crippen LogP contribution in [-0.2, 0) is 14.8 Å². The van der Waals surface area contributed by atoms with E-state index < -0.39 is 10.0 Å². The number of nitrogens with zero attached hydrogens (tertiary/aromatic N) is 1. The van der Waals surface area contributed by atoms with Crippen LogP contribution in [-0.4, -0.2) is 33.2 Å². The first-order chi connectivity index (χ1) is 11.9. The van der Waals surface area contributed by atoms with Gasteiger partial charge in [-0.2, -0.15) is 0 Å². The summed E-state index contributed by atoms with van der Waals surface area (Å²) in [4.78, 5) is 12.2. The average Bonchev–Trinajstić information content (AvgIpc) is 2.50. The van der Waals surface area contributed by atoms with Crippen LogP contribution in [0.15, 0.2) is 18.2 Å². The number of benzene rings is 1. The van der Waals surface area contributed by atoms with Crippen LogP contribution in [0, 0.1) is 25.7 Å². The Morgan fingerprint density at radius 2 is 1.65 bits per heavy atom. The van der Waals surface area contributed by atoms with Crippen molar-refractivity contribution in [3.8, 4) is 0 Å². The van der Waals surface area contributed by atoms with Gasteiger partial charge in [-0.1, -0.05) is 33.8 Å². The standard InChI is InChI=1S/C20H34N2O3S/c1-14(2)20(15(3)4)21-19(23)9-8-12-22(26(7,24)25)18-11-10-16(5)17(6)13-18/h10-11,13-15,20H,8-9,12H2,1-7H3,(H,21,23). The molecule has 0 aliphatic rings. The Bertz CT molecular complexity index is 704. The van der Waals surface area contributed by atoms with E-state index in [2.05, 4.69) is 33.0 Å². The van der Waals surface area contributed by atoms with E-state index in [0.717, 1.165) is 11.1 Å². The monoisotopic (exact) mass is 382 g/mol. The second-order valence-electron chi connectivity index (χ2n) is 7.79. The summed E-state index contributed by atoms with van der Waals surface area (Å²) in [5.41, 5.74) is 2.82. The van der Waals surface area contributed by atoms with Crippen LogP contribution in [0.1, 0.15) is 51.7 Å². The van der Waals surface area contributed by atoms with E-state index >= 15 is 0 Å². The van der Waals surface area contributed by atoms with Gasteiger partial charge in [-0.3, -0.25) is 9.10 Å². The van der Waals surface area contributed by atoms with E-state index in [-0.39, 0.29) is 11.9 Å². The van der Waals surface area contributed by atoms with Crippen molar-refractivity contribution in [2.75, 3.05) is 17.1 Å². The third-order valence-electron chi connectivity index (χ3n) is 4.71. The number of amides is 1. The molecule has 0 aliphatic heterocycles. The largest absolute Gasteiger partial charge is 0.353 e. The van der Waals surface area contributed by atoms with Crippen LogP contribution in [0.2, 0.25) is 0 Å². The Hall–Kier alpha value is -1.56. The number of hydrogen-bond donors (Lipinski definition) is 1. The molecule has 0 saturated heterocycles. The first-order valence-corrected chi connectivity index (χ1v) is 11.1. The number of sulfonamides is 1. The molecule has 5 nitrogen and oxygen atoms in total. The fourth-order valence-corrected chi connectivity index (χ4v) is 4.07. The number of nitrogens with one attached hydrogen (secondary N) is 1. The van der Waals surface area contributed by atoms with Crippen molar-refractivity contribution in [3.63, 3.8) is 0 Å². The van der Waals surface area contributed by atoms with Crippen LogP contribution in [0.4, 0.5) is 5.69 Å². The molecule has 0 bridgehead atoms. The Balaban J connectivity index is 2.74. The number of carbonyl (C=O) groups excluding carboxylic acids is 1. The molecule has 0 saturated carbocycles. The molecule has 1 aromatic rings. The lowest BCUT2D eigenvalue weighted by Crippen LogP contribution is -2.42. The zero-order chi connectivity index (χ0) is 20.1. The maximum Gasteiger partial charge on any atom is 0.232 e. The highest BCUT2D eigenvalue weighted by Gasteiger charge is 2.21. The van der Waals surface area contributed by atoms with Gasteiger partial charge in [0, 0.05) is 19.0 Å². The predicted molar refractivity (Wildman–Crippen MR) is 109 cm³/mol. The maximum atomic E-state index is 12.2. The fraction of sp³-hybridized carbons (Fsp3) is 0.650. The number of aryl methyl sites for hydroxylation is 2. The normalized spacial score (nSPS) is 12.1. The van der Waals surface area contributed by atoms with Crippen LogP contribution in [0.5, 0.6) is 0 Å².